The molecular formula is C11H18N6O. The molecule has 2 heterocycles. The predicted molar refractivity (Wildman–Crippen MR) is 69.6 cm³/mol. The second kappa shape index (κ2) is 4.77. The van der Waals surface area contributed by atoms with Crippen LogP contribution in [-0.4, -0.2) is 32.2 Å². The Bertz CT molecular complexity index is 601. The fraction of sp³-hybridized carbons (Fsp3) is 0.545. The summed E-state index contributed by atoms with van der Waals surface area (Å²) in [5, 5.41) is 9.61. The molecular weight excluding hydrogens is 232 g/mol. The SMILES string of the molecule is Cc1nc(NC(C)C(C)CN)cc2n[nH]c(=O)n12. The van der Waals surface area contributed by atoms with E-state index in [-0.39, 0.29) is 11.7 Å². The van der Waals surface area contributed by atoms with Gasteiger partial charge in [0.05, 0.1) is 0 Å². The molecule has 2 aromatic heterocycles. The van der Waals surface area contributed by atoms with E-state index in [0.717, 1.165) is 0 Å². The molecule has 0 aliphatic carbocycles. The van der Waals surface area contributed by atoms with Crippen molar-refractivity contribution in [2.45, 2.75) is 26.8 Å². The number of H-pyrrole nitrogens is 1. The number of rotatable bonds is 4. The molecule has 4 N–H and O–H groups in total. The smallest absolute Gasteiger partial charge is 0.349 e. The lowest BCUT2D eigenvalue weighted by atomic mass is 10.0. The van der Waals surface area contributed by atoms with Crippen LogP contribution in [0.3, 0.4) is 0 Å². The molecule has 0 aromatic carbocycles. The molecule has 7 heteroatoms. The number of hydrogen-bond acceptors (Lipinski definition) is 5. The number of hydrogen-bond donors (Lipinski definition) is 3. The number of nitrogens with zero attached hydrogens (tertiary/aromatic N) is 3. The van der Waals surface area contributed by atoms with Gasteiger partial charge in [-0.2, -0.15) is 5.10 Å². The minimum Gasteiger partial charge on any atom is -0.367 e. The summed E-state index contributed by atoms with van der Waals surface area (Å²) < 4.78 is 1.43. The Labute approximate surface area is 104 Å². The second-order valence-corrected chi connectivity index (χ2v) is 4.56. The molecule has 0 aliphatic heterocycles. The van der Waals surface area contributed by atoms with Crippen LogP contribution in [-0.2, 0) is 0 Å². The molecule has 0 saturated carbocycles. The number of aromatic nitrogens is 4. The summed E-state index contributed by atoms with van der Waals surface area (Å²) in [5.41, 5.74) is 5.91. The first kappa shape index (κ1) is 12.6. The van der Waals surface area contributed by atoms with E-state index >= 15 is 0 Å². The van der Waals surface area contributed by atoms with E-state index in [2.05, 4.69) is 34.3 Å². The molecule has 7 nitrogen and oxygen atoms in total. The molecule has 0 bridgehead atoms. The van der Waals surface area contributed by atoms with E-state index in [1.807, 2.05) is 0 Å². The Morgan fingerprint density at radius 2 is 2.28 bits per heavy atom. The summed E-state index contributed by atoms with van der Waals surface area (Å²) >= 11 is 0. The number of nitrogens with one attached hydrogen (secondary N) is 2. The highest BCUT2D eigenvalue weighted by Gasteiger charge is 2.12. The monoisotopic (exact) mass is 250 g/mol. The summed E-state index contributed by atoms with van der Waals surface area (Å²) in [7, 11) is 0. The molecule has 0 fully saturated rings. The fourth-order valence-corrected chi connectivity index (χ4v) is 1.75. The summed E-state index contributed by atoms with van der Waals surface area (Å²) in [5.74, 6) is 1.64. The standard InChI is InChI=1S/C11H18N6O/c1-6(5-12)7(2)13-9-4-10-15-16-11(18)17(10)8(3)14-9/h4,6-7,13H,5,12H2,1-3H3,(H,16,18). The van der Waals surface area contributed by atoms with E-state index in [9.17, 15) is 4.79 Å². The van der Waals surface area contributed by atoms with E-state index in [0.29, 0.717) is 29.8 Å². The fourth-order valence-electron chi connectivity index (χ4n) is 1.75. The molecule has 2 rings (SSSR count). The lowest BCUT2D eigenvalue weighted by molar-refractivity contribution is 0.520. The Kier molecular flexibility index (Phi) is 3.33. The van der Waals surface area contributed by atoms with Gasteiger partial charge in [0.25, 0.3) is 0 Å². The lowest BCUT2D eigenvalue weighted by Crippen LogP contribution is -2.30. The quantitative estimate of drug-likeness (QED) is 0.715. The first-order chi connectivity index (χ1) is 8.52. The van der Waals surface area contributed by atoms with Crippen LogP contribution in [0.4, 0.5) is 5.82 Å². The molecule has 18 heavy (non-hydrogen) atoms. The van der Waals surface area contributed by atoms with Crippen LogP contribution in [0.15, 0.2) is 10.9 Å². The molecule has 0 aliphatic rings. The van der Waals surface area contributed by atoms with E-state index < -0.39 is 0 Å². The van der Waals surface area contributed by atoms with Gasteiger partial charge in [-0.15, -0.1) is 0 Å². The zero-order valence-corrected chi connectivity index (χ0v) is 10.8. The first-order valence-electron chi connectivity index (χ1n) is 5.94. The van der Waals surface area contributed by atoms with Gasteiger partial charge in [-0.25, -0.2) is 19.3 Å². The highest BCUT2D eigenvalue weighted by atomic mass is 16.1. The van der Waals surface area contributed by atoms with Crippen molar-refractivity contribution in [3.8, 4) is 0 Å². The molecule has 2 atom stereocenters. The maximum absolute atomic E-state index is 11.5. The molecule has 2 unspecified atom stereocenters. The van der Waals surface area contributed by atoms with Gasteiger partial charge >= 0.3 is 5.69 Å². The van der Waals surface area contributed by atoms with Crippen LogP contribution in [0.25, 0.3) is 5.65 Å². The zero-order chi connectivity index (χ0) is 13.3. The first-order valence-corrected chi connectivity index (χ1v) is 5.94. The third-order valence-electron chi connectivity index (χ3n) is 3.17. The molecule has 0 spiro atoms. The molecule has 98 valence electrons. The third kappa shape index (κ3) is 2.21. The van der Waals surface area contributed by atoms with Crippen molar-refractivity contribution in [3.05, 3.63) is 22.4 Å². The minimum atomic E-state index is -0.273. The highest BCUT2D eigenvalue weighted by molar-refractivity contribution is 5.50. The molecule has 0 radical (unpaired) electrons. The van der Waals surface area contributed by atoms with Gasteiger partial charge in [0.2, 0.25) is 0 Å². The predicted octanol–water partition coefficient (Wildman–Crippen LogP) is 0.121. The van der Waals surface area contributed by atoms with Crippen LogP contribution in [0.1, 0.15) is 19.7 Å². The largest absolute Gasteiger partial charge is 0.367 e. The van der Waals surface area contributed by atoms with Gasteiger partial charge in [0, 0.05) is 12.1 Å². The lowest BCUT2D eigenvalue weighted by Gasteiger charge is -2.20. The maximum atomic E-state index is 11.5. The van der Waals surface area contributed by atoms with Crippen molar-refractivity contribution in [2.75, 3.05) is 11.9 Å². The van der Waals surface area contributed by atoms with Gasteiger partial charge in [-0.1, -0.05) is 6.92 Å². The maximum Gasteiger partial charge on any atom is 0.349 e. The number of nitrogens with two attached hydrogens (primary N) is 1. The third-order valence-corrected chi connectivity index (χ3v) is 3.17. The van der Waals surface area contributed by atoms with Gasteiger partial charge in [0.1, 0.15) is 11.6 Å². The van der Waals surface area contributed by atoms with Crippen molar-refractivity contribution in [2.24, 2.45) is 11.7 Å². The summed E-state index contributed by atoms with van der Waals surface area (Å²) in [6.07, 6.45) is 0. The average molecular weight is 250 g/mol. The van der Waals surface area contributed by atoms with E-state index in [4.69, 9.17) is 5.73 Å². The Morgan fingerprint density at radius 1 is 1.56 bits per heavy atom. The normalized spacial score (nSPS) is 14.7. The molecule has 2 aromatic rings. The van der Waals surface area contributed by atoms with Gasteiger partial charge in [0.15, 0.2) is 5.65 Å². The molecule has 0 saturated heterocycles. The van der Waals surface area contributed by atoms with Crippen LogP contribution < -0.4 is 16.7 Å². The minimum absolute atomic E-state index is 0.204. The Hall–Kier alpha value is -1.89. The van der Waals surface area contributed by atoms with Crippen LogP contribution in [0, 0.1) is 12.8 Å². The van der Waals surface area contributed by atoms with Crippen molar-refractivity contribution >= 4 is 11.5 Å². The van der Waals surface area contributed by atoms with Crippen LogP contribution in [0.2, 0.25) is 0 Å². The van der Waals surface area contributed by atoms with Crippen LogP contribution >= 0.6 is 0 Å². The topological polar surface area (TPSA) is 101 Å². The highest BCUT2D eigenvalue weighted by Crippen LogP contribution is 2.12. The zero-order valence-electron chi connectivity index (χ0n) is 10.8. The van der Waals surface area contributed by atoms with E-state index in [1.54, 1.807) is 13.0 Å². The number of anilines is 1. The van der Waals surface area contributed by atoms with Crippen molar-refractivity contribution in [1.82, 2.24) is 19.6 Å². The van der Waals surface area contributed by atoms with Crippen molar-refractivity contribution in [3.63, 3.8) is 0 Å². The summed E-state index contributed by atoms with van der Waals surface area (Å²) in [6.45, 7) is 6.50. The number of aromatic amines is 1. The van der Waals surface area contributed by atoms with Gasteiger partial charge < -0.3 is 11.1 Å². The van der Waals surface area contributed by atoms with E-state index in [1.165, 1.54) is 4.40 Å². The molecule has 0 amide bonds. The average Bonchev–Trinajstić information content (AvgIpc) is 2.70. The van der Waals surface area contributed by atoms with Crippen molar-refractivity contribution < 1.29 is 0 Å². The second-order valence-electron chi connectivity index (χ2n) is 4.56. The number of aryl methyl sites for hydroxylation is 1. The summed E-state index contributed by atoms with van der Waals surface area (Å²) in [6, 6.07) is 1.94. The Morgan fingerprint density at radius 3 is 2.94 bits per heavy atom. The summed E-state index contributed by atoms with van der Waals surface area (Å²) in [4.78, 5) is 15.8. The number of fused-ring (bicyclic) bond motifs is 1. The van der Waals surface area contributed by atoms with Crippen LogP contribution in [0.5, 0.6) is 0 Å². The van der Waals surface area contributed by atoms with Gasteiger partial charge in [-0.3, -0.25) is 0 Å². The Balaban J connectivity index is 2.33. The van der Waals surface area contributed by atoms with Gasteiger partial charge in [-0.05, 0) is 26.3 Å². The van der Waals surface area contributed by atoms with Crippen molar-refractivity contribution in [1.29, 1.82) is 0 Å².